The molecule has 0 aromatic heterocycles. The minimum atomic E-state index is 0.245. The van der Waals surface area contributed by atoms with Crippen molar-refractivity contribution >= 4 is 6.29 Å². The first-order valence-electron chi connectivity index (χ1n) is 7.21. The number of aldehydes is 1. The van der Waals surface area contributed by atoms with Crippen LogP contribution < -0.4 is 23.7 Å². The van der Waals surface area contributed by atoms with Crippen LogP contribution in [0, 0.1) is 0 Å². The van der Waals surface area contributed by atoms with E-state index in [1.807, 2.05) is 0 Å². The third-order valence-electron chi connectivity index (χ3n) is 3.44. The molecule has 2 aromatic rings. The summed E-state index contributed by atoms with van der Waals surface area (Å²) in [7, 11) is 6.20. The van der Waals surface area contributed by atoms with Crippen molar-refractivity contribution in [3.05, 3.63) is 41.5 Å². The summed E-state index contributed by atoms with van der Waals surface area (Å²) >= 11 is 0. The number of rotatable bonds is 8. The first kappa shape index (κ1) is 17.5. The summed E-state index contributed by atoms with van der Waals surface area (Å²) in [6.45, 7) is 0.245. The van der Waals surface area contributed by atoms with Crippen LogP contribution in [0.4, 0.5) is 0 Å². The monoisotopic (exact) mass is 332 g/mol. The Balaban J connectivity index is 2.27. The van der Waals surface area contributed by atoms with Crippen molar-refractivity contribution in [2.24, 2.45) is 0 Å². The highest BCUT2D eigenvalue weighted by Crippen LogP contribution is 2.38. The highest BCUT2D eigenvalue weighted by molar-refractivity contribution is 5.76. The minimum Gasteiger partial charge on any atom is -0.493 e. The highest BCUT2D eigenvalue weighted by atomic mass is 16.5. The second-order valence-corrected chi connectivity index (χ2v) is 4.85. The predicted octanol–water partition coefficient (Wildman–Crippen LogP) is 3.11. The van der Waals surface area contributed by atoms with Crippen LogP contribution in [0.1, 0.15) is 15.9 Å². The number of carbonyl (C=O) groups is 1. The van der Waals surface area contributed by atoms with E-state index in [1.54, 1.807) is 58.8 Å². The Morgan fingerprint density at radius 2 is 1.42 bits per heavy atom. The maximum atomic E-state index is 10.9. The van der Waals surface area contributed by atoms with Gasteiger partial charge in [0.15, 0.2) is 23.0 Å². The molecule has 6 heteroatoms. The van der Waals surface area contributed by atoms with Crippen LogP contribution in [0.15, 0.2) is 30.3 Å². The maximum Gasteiger partial charge on any atom is 0.203 e. The molecule has 0 amide bonds. The van der Waals surface area contributed by atoms with Gasteiger partial charge in [0.2, 0.25) is 5.75 Å². The molecular formula is C18H20O6. The Morgan fingerprint density at radius 1 is 0.792 bits per heavy atom. The Bertz CT molecular complexity index is 686. The van der Waals surface area contributed by atoms with Crippen molar-refractivity contribution in [3.63, 3.8) is 0 Å². The van der Waals surface area contributed by atoms with Gasteiger partial charge in [0.1, 0.15) is 12.9 Å². The fraction of sp³-hybridized carbons (Fsp3) is 0.278. The van der Waals surface area contributed by atoms with Gasteiger partial charge >= 0.3 is 0 Å². The van der Waals surface area contributed by atoms with Gasteiger partial charge < -0.3 is 23.7 Å². The van der Waals surface area contributed by atoms with Crippen LogP contribution in [0.25, 0.3) is 0 Å². The summed E-state index contributed by atoms with van der Waals surface area (Å²) in [5, 5.41) is 0. The van der Waals surface area contributed by atoms with Crippen molar-refractivity contribution in [2.45, 2.75) is 6.61 Å². The lowest BCUT2D eigenvalue weighted by Gasteiger charge is -2.15. The van der Waals surface area contributed by atoms with Crippen LogP contribution in [0.3, 0.4) is 0 Å². The third kappa shape index (κ3) is 3.71. The molecule has 24 heavy (non-hydrogen) atoms. The number of benzene rings is 2. The minimum absolute atomic E-state index is 0.245. The molecule has 0 aliphatic carbocycles. The van der Waals surface area contributed by atoms with E-state index in [-0.39, 0.29) is 6.61 Å². The van der Waals surface area contributed by atoms with E-state index in [0.717, 1.165) is 11.8 Å². The Hall–Kier alpha value is -2.89. The van der Waals surface area contributed by atoms with E-state index in [2.05, 4.69) is 0 Å². The molecule has 128 valence electrons. The Kier molecular flexibility index (Phi) is 5.89. The smallest absolute Gasteiger partial charge is 0.203 e. The molecule has 0 aliphatic rings. The van der Waals surface area contributed by atoms with Gasteiger partial charge in [0.25, 0.3) is 0 Å². The van der Waals surface area contributed by atoms with E-state index in [0.29, 0.717) is 34.3 Å². The maximum absolute atomic E-state index is 10.9. The predicted molar refractivity (Wildman–Crippen MR) is 88.8 cm³/mol. The van der Waals surface area contributed by atoms with Gasteiger partial charge in [-0.05, 0) is 35.9 Å². The molecule has 0 atom stereocenters. The van der Waals surface area contributed by atoms with Crippen LogP contribution in [-0.2, 0) is 6.61 Å². The molecule has 6 nitrogen and oxygen atoms in total. The van der Waals surface area contributed by atoms with Crippen molar-refractivity contribution in [3.8, 4) is 28.7 Å². The number of carbonyl (C=O) groups excluding carboxylic acids is 1. The quantitative estimate of drug-likeness (QED) is 0.692. The van der Waals surface area contributed by atoms with Crippen molar-refractivity contribution in [1.29, 1.82) is 0 Å². The van der Waals surface area contributed by atoms with E-state index < -0.39 is 0 Å². The summed E-state index contributed by atoms with van der Waals surface area (Å²) in [5.41, 5.74) is 1.33. The van der Waals surface area contributed by atoms with Gasteiger partial charge in [-0.25, -0.2) is 0 Å². The number of ether oxygens (including phenoxy) is 5. The molecule has 0 radical (unpaired) electrons. The third-order valence-corrected chi connectivity index (χ3v) is 3.44. The number of hydrogen-bond acceptors (Lipinski definition) is 6. The standard InChI is InChI=1S/C18H20O6/c1-20-14-6-5-12(10-19)7-15(14)24-11-13-8-16(21-2)18(23-4)17(9-13)22-3/h5-10H,11H2,1-4H3. The van der Waals surface area contributed by atoms with Gasteiger partial charge in [-0.1, -0.05) is 0 Å². The molecule has 2 rings (SSSR count). The Morgan fingerprint density at radius 3 is 1.92 bits per heavy atom. The zero-order chi connectivity index (χ0) is 17.5. The van der Waals surface area contributed by atoms with Gasteiger partial charge in [-0.15, -0.1) is 0 Å². The van der Waals surface area contributed by atoms with Gasteiger partial charge in [0.05, 0.1) is 28.4 Å². The van der Waals surface area contributed by atoms with Gasteiger partial charge in [-0.3, -0.25) is 4.79 Å². The van der Waals surface area contributed by atoms with Crippen molar-refractivity contribution < 1.29 is 28.5 Å². The lowest BCUT2D eigenvalue weighted by molar-refractivity contribution is 0.112. The zero-order valence-electron chi connectivity index (χ0n) is 14.1. The van der Waals surface area contributed by atoms with E-state index in [1.165, 1.54) is 0 Å². The van der Waals surface area contributed by atoms with Crippen LogP contribution >= 0.6 is 0 Å². The molecule has 0 N–H and O–H groups in total. The second kappa shape index (κ2) is 8.10. The van der Waals surface area contributed by atoms with Crippen LogP contribution in [-0.4, -0.2) is 34.7 Å². The van der Waals surface area contributed by atoms with Crippen molar-refractivity contribution in [2.75, 3.05) is 28.4 Å². The molecule has 2 aromatic carbocycles. The van der Waals surface area contributed by atoms with Crippen LogP contribution in [0.5, 0.6) is 28.7 Å². The van der Waals surface area contributed by atoms with Gasteiger partial charge in [-0.2, -0.15) is 0 Å². The van der Waals surface area contributed by atoms with E-state index in [4.69, 9.17) is 23.7 Å². The summed E-state index contributed by atoms with van der Waals surface area (Å²) in [4.78, 5) is 10.9. The molecule has 0 spiro atoms. The average Bonchev–Trinajstić information content (AvgIpc) is 2.64. The fourth-order valence-corrected chi connectivity index (χ4v) is 2.26. The lowest BCUT2D eigenvalue weighted by atomic mass is 10.2. The molecule has 0 saturated carbocycles. The summed E-state index contributed by atoms with van der Waals surface area (Å²) in [6, 6.07) is 8.59. The number of methoxy groups -OCH3 is 4. The van der Waals surface area contributed by atoms with Crippen LogP contribution in [0.2, 0.25) is 0 Å². The molecule has 0 heterocycles. The topological polar surface area (TPSA) is 63.2 Å². The first-order chi connectivity index (χ1) is 11.7. The zero-order valence-corrected chi connectivity index (χ0v) is 14.1. The van der Waals surface area contributed by atoms with Gasteiger partial charge in [0, 0.05) is 5.56 Å². The molecule has 0 aliphatic heterocycles. The lowest BCUT2D eigenvalue weighted by Crippen LogP contribution is -2.01. The molecule has 0 saturated heterocycles. The molecular weight excluding hydrogens is 312 g/mol. The van der Waals surface area contributed by atoms with E-state index in [9.17, 15) is 4.79 Å². The molecule has 0 fully saturated rings. The largest absolute Gasteiger partial charge is 0.493 e. The van der Waals surface area contributed by atoms with Crippen molar-refractivity contribution in [1.82, 2.24) is 0 Å². The second-order valence-electron chi connectivity index (χ2n) is 4.85. The molecule has 0 unspecified atom stereocenters. The molecule has 0 bridgehead atoms. The van der Waals surface area contributed by atoms with E-state index >= 15 is 0 Å². The highest BCUT2D eigenvalue weighted by Gasteiger charge is 2.14. The summed E-state index contributed by atoms with van der Waals surface area (Å²) in [5.74, 6) is 2.64. The summed E-state index contributed by atoms with van der Waals surface area (Å²) in [6.07, 6.45) is 0.756. The fourth-order valence-electron chi connectivity index (χ4n) is 2.26. The number of hydrogen-bond donors (Lipinski definition) is 0. The SMILES string of the molecule is COc1ccc(C=O)cc1OCc1cc(OC)c(OC)c(OC)c1. The summed E-state index contributed by atoms with van der Waals surface area (Å²) < 4.78 is 27.0. The Labute approximate surface area is 140 Å². The normalized spacial score (nSPS) is 10.0. The first-order valence-corrected chi connectivity index (χ1v) is 7.21. The average molecular weight is 332 g/mol.